The zero-order chi connectivity index (χ0) is 19.1. The standard InChI is InChI=1S/C22H23N3O2/c1-3-25(19-7-5-4-6-8-19)21-15-18(13-14-23-21)22(26)24-16-17-9-11-20(27-2)12-10-17/h4-15H,3,16H2,1-2H3,(H,24,26). The molecule has 0 aliphatic carbocycles. The fourth-order valence-corrected chi connectivity index (χ4v) is 2.82. The predicted molar refractivity (Wildman–Crippen MR) is 108 cm³/mol. The number of pyridine rings is 1. The van der Waals surface area contributed by atoms with Crippen LogP contribution in [0.15, 0.2) is 72.9 Å². The molecule has 0 unspecified atom stereocenters. The van der Waals surface area contributed by atoms with E-state index in [4.69, 9.17) is 4.74 Å². The smallest absolute Gasteiger partial charge is 0.251 e. The molecule has 0 spiro atoms. The fourth-order valence-electron chi connectivity index (χ4n) is 2.82. The van der Waals surface area contributed by atoms with Gasteiger partial charge in [0.1, 0.15) is 11.6 Å². The van der Waals surface area contributed by atoms with Crippen LogP contribution in [0.3, 0.4) is 0 Å². The van der Waals surface area contributed by atoms with Gasteiger partial charge in [0.15, 0.2) is 0 Å². The highest BCUT2D eigenvalue weighted by molar-refractivity contribution is 5.95. The van der Waals surface area contributed by atoms with Crippen molar-refractivity contribution in [3.63, 3.8) is 0 Å². The van der Waals surface area contributed by atoms with Gasteiger partial charge in [0.25, 0.3) is 5.91 Å². The molecular weight excluding hydrogens is 338 g/mol. The summed E-state index contributed by atoms with van der Waals surface area (Å²) in [7, 11) is 1.63. The van der Waals surface area contributed by atoms with Crippen LogP contribution >= 0.6 is 0 Å². The van der Waals surface area contributed by atoms with Crippen LogP contribution in [0.2, 0.25) is 0 Å². The molecule has 0 saturated heterocycles. The van der Waals surface area contributed by atoms with E-state index in [1.807, 2.05) is 60.7 Å². The van der Waals surface area contributed by atoms with E-state index in [2.05, 4.69) is 22.1 Å². The molecule has 5 heteroatoms. The van der Waals surface area contributed by atoms with Crippen LogP contribution in [0.1, 0.15) is 22.8 Å². The van der Waals surface area contributed by atoms with Crippen LogP contribution < -0.4 is 15.0 Å². The van der Waals surface area contributed by atoms with Crippen molar-refractivity contribution in [2.45, 2.75) is 13.5 Å². The molecule has 0 atom stereocenters. The van der Waals surface area contributed by atoms with Crippen LogP contribution in [0.5, 0.6) is 5.75 Å². The Kier molecular flexibility index (Phi) is 6.05. The van der Waals surface area contributed by atoms with Gasteiger partial charge in [0.2, 0.25) is 0 Å². The minimum absolute atomic E-state index is 0.126. The monoisotopic (exact) mass is 361 g/mol. The molecule has 1 heterocycles. The van der Waals surface area contributed by atoms with E-state index < -0.39 is 0 Å². The molecule has 3 aromatic rings. The van der Waals surface area contributed by atoms with E-state index in [1.165, 1.54) is 0 Å². The van der Waals surface area contributed by atoms with Gasteiger partial charge >= 0.3 is 0 Å². The highest BCUT2D eigenvalue weighted by Crippen LogP contribution is 2.23. The number of methoxy groups -OCH3 is 1. The number of anilines is 2. The number of ether oxygens (including phenoxy) is 1. The van der Waals surface area contributed by atoms with Gasteiger partial charge in [0.05, 0.1) is 7.11 Å². The number of hydrogen-bond donors (Lipinski definition) is 1. The maximum atomic E-state index is 12.6. The summed E-state index contributed by atoms with van der Waals surface area (Å²) in [6, 6.07) is 21.2. The number of carbonyl (C=O) groups is 1. The van der Waals surface area contributed by atoms with Crippen molar-refractivity contribution in [2.75, 3.05) is 18.6 Å². The van der Waals surface area contributed by atoms with Gasteiger partial charge in [-0.2, -0.15) is 0 Å². The van der Waals surface area contributed by atoms with Gasteiger partial charge in [-0.25, -0.2) is 4.98 Å². The molecule has 0 aliphatic heterocycles. The van der Waals surface area contributed by atoms with Crippen molar-refractivity contribution in [2.24, 2.45) is 0 Å². The average molecular weight is 361 g/mol. The Morgan fingerprint density at radius 2 is 1.81 bits per heavy atom. The number of nitrogens with one attached hydrogen (secondary N) is 1. The number of carbonyl (C=O) groups excluding carboxylic acids is 1. The van der Waals surface area contributed by atoms with E-state index in [-0.39, 0.29) is 5.91 Å². The van der Waals surface area contributed by atoms with Gasteiger partial charge in [-0.3, -0.25) is 4.79 Å². The van der Waals surface area contributed by atoms with Crippen LogP contribution in [-0.2, 0) is 6.54 Å². The van der Waals surface area contributed by atoms with Crippen molar-refractivity contribution < 1.29 is 9.53 Å². The first kappa shape index (κ1) is 18.5. The maximum absolute atomic E-state index is 12.6. The molecule has 0 bridgehead atoms. The summed E-state index contributed by atoms with van der Waals surface area (Å²) < 4.78 is 5.15. The Bertz CT molecular complexity index is 880. The lowest BCUT2D eigenvalue weighted by Gasteiger charge is -2.22. The van der Waals surface area contributed by atoms with E-state index in [0.29, 0.717) is 12.1 Å². The summed E-state index contributed by atoms with van der Waals surface area (Å²) in [6.07, 6.45) is 1.67. The molecule has 0 aliphatic rings. The topological polar surface area (TPSA) is 54.5 Å². The van der Waals surface area contributed by atoms with Crippen LogP contribution in [0.4, 0.5) is 11.5 Å². The number of nitrogens with zero attached hydrogens (tertiary/aromatic N) is 2. The maximum Gasteiger partial charge on any atom is 0.251 e. The Hall–Kier alpha value is -3.34. The van der Waals surface area contributed by atoms with Crippen LogP contribution in [-0.4, -0.2) is 24.5 Å². The second-order valence-corrected chi connectivity index (χ2v) is 6.01. The van der Waals surface area contributed by atoms with Crippen molar-refractivity contribution in [1.29, 1.82) is 0 Å². The number of amides is 1. The molecule has 1 N–H and O–H groups in total. The molecule has 0 saturated carbocycles. The highest BCUT2D eigenvalue weighted by atomic mass is 16.5. The number of hydrogen-bond acceptors (Lipinski definition) is 4. The summed E-state index contributed by atoms with van der Waals surface area (Å²) in [5.41, 5.74) is 2.64. The third-order valence-electron chi connectivity index (χ3n) is 4.28. The molecule has 27 heavy (non-hydrogen) atoms. The predicted octanol–water partition coefficient (Wildman–Crippen LogP) is 4.18. The van der Waals surface area contributed by atoms with Gasteiger partial charge in [-0.1, -0.05) is 30.3 Å². The van der Waals surface area contributed by atoms with Crippen molar-refractivity contribution >= 4 is 17.4 Å². The highest BCUT2D eigenvalue weighted by Gasteiger charge is 2.12. The van der Waals surface area contributed by atoms with Gasteiger partial charge in [-0.05, 0) is 48.9 Å². The van der Waals surface area contributed by atoms with Crippen molar-refractivity contribution in [3.05, 3.63) is 84.1 Å². The summed E-state index contributed by atoms with van der Waals surface area (Å²) >= 11 is 0. The molecule has 1 amide bonds. The molecule has 0 fully saturated rings. The van der Waals surface area contributed by atoms with Gasteiger partial charge in [0, 0.05) is 30.5 Å². The number of rotatable bonds is 7. The lowest BCUT2D eigenvalue weighted by molar-refractivity contribution is 0.0951. The number of para-hydroxylation sites is 1. The molecule has 138 valence electrons. The summed E-state index contributed by atoms with van der Waals surface area (Å²) in [5, 5.41) is 2.95. The normalized spacial score (nSPS) is 10.3. The van der Waals surface area contributed by atoms with Crippen molar-refractivity contribution in [1.82, 2.24) is 10.3 Å². The van der Waals surface area contributed by atoms with E-state index in [1.54, 1.807) is 19.4 Å². The minimum Gasteiger partial charge on any atom is -0.497 e. The molecule has 5 nitrogen and oxygen atoms in total. The fraction of sp³-hybridized carbons (Fsp3) is 0.182. The van der Waals surface area contributed by atoms with Crippen molar-refractivity contribution in [3.8, 4) is 5.75 Å². The second-order valence-electron chi connectivity index (χ2n) is 6.01. The Morgan fingerprint density at radius 1 is 1.07 bits per heavy atom. The summed E-state index contributed by atoms with van der Waals surface area (Å²) in [4.78, 5) is 19.1. The Morgan fingerprint density at radius 3 is 2.48 bits per heavy atom. The largest absolute Gasteiger partial charge is 0.497 e. The summed E-state index contributed by atoms with van der Waals surface area (Å²) in [6.45, 7) is 3.27. The van der Waals surface area contributed by atoms with Gasteiger partial charge < -0.3 is 15.0 Å². The lowest BCUT2D eigenvalue weighted by Crippen LogP contribution is -2.24. The zero-order valence-corrected chi connectivity index (χ0v) is 15.6. The zero-order valence-electron chi connectivity index (χ0n) is 15.6. The first-order chi connectivity index (χ1) is 13.2. The molecular formula is C22H23N3O2. The molecule has 2 aromatic carbocycles. The third-order valence-corrected chi connectivity index (χ3v) is 4.28. The molecule has 3 rings (SSSR count). The second kappa shape index (κ2) is 8.85. The average Bonchev–Trinajstić information content (AvgIpc) is 2.74. The molecule has 1 aromatic heterocycles. The molecule has 0 radical (unpaired) electrons. The van der Waals surface area contributed by atoms with E-state index in [0.717, 1.165) is 29.4 Å². The van der Waals surface area contributed by atoms with Crippen LogP contribution in [0.25, 0.3) is 0 Å². The van der Waals surface area contributed by atoms with Gasteiger partial charge in [-0.15, -0.1) is 0 Å². The SMILES string of the molecule is CCN(c1ccccc1)c1cc(C(=O)NCc2ccc(OC)cc2)ccn1. The number of benzene rings is 2. The van der Waals surface area contributed by atoms with E-state index in [9.17, 15) is 4.79 Å². The Labute approximate surface area is 159 Å². The number of aromatic nitrogens is 1. The van der Waals surface area contributed by atoms with Crippen LogP contribution in [0, 0.1) is 0 Å². The van der Waals surface area contributed by atoms with E-state index >= 15 is 0 Å². The lowest BCUT2D eigenvalue weighted by atomic mass is 10.2. The first-order valence-electron chi connectivity index (χ1n) is 8.91. The summed E-state index contributed by atoms with van der Waals surface area (Å²) in [5.74, 6) is 1.42. The minimum atomic E-state index is -0.126. The Balaban J connectivity index is 1.71. The third kappa shape index (κ3) is 4.64. The quantitative estimate of drug-likeness (QED) is 0.686. The first-order valence-corrected chi connectivity index (χ1v) is 8.91.